The summed E-state index contributed by atoms with van der Waals surface area (Å²) >= 11 is 0. The molecule has 1 fully saturated rings. The monoisotopic (exact) mass is 292 g/mol. The second-order valence-electron chi connectivity index (χ2n) is 6.78. The quantitative estimate of drug-likeness (QED) is 0.748. The molecule has 4 heteroatoms. The molecule has 1 aliphatic carbocycles. The molecule has 3 atom stereocenters. The van der Waals surface area contributed by atoms with E-state index in [0.29, 0.717) is 0 Å². The molecule has 0 spiro atoms. The van der Waals surface area contributed by atoms with Crippen LogP contribution < -0.4 is 5.32 Å². The van der Waals surface area contributed by atoms with Crippen molar-refractivity contribution in [1.29, 1.82) is 0 Å². The second kappa shape index (κ2) is 8.52. The molecule has 120 valence electrons. The van der Waals surface area contributed by atoms with Gasteiger partial charge in [0.1, 0.15) is 0 Å². The molecule has 1 heterocycles. The molecule has 0 radical (unpaired) electrons. The van der Waals surface area contributed by atoms with E-state index < -0.39 is 0 Å². The van der Waals surface area contributed by atoms with Crippen LogP contribution in [-0.4, -0.2) is 28.1 Å². The third kappa shape index (κ3) is 5.10. The third-order valence-corrected chi connectivity index (χ3v) is 4.90. The van der Waals surface area contributed by atoms with Crippen LogP contribution in [-0.2, 0) is 13.5 Å². The molecule has 1 saturated carbocycles. The summed E-state index contributed by atoms with van der Waals surface area (Å²) in [5, 5.41) is 12.0. The first kappa shape index (κ1) is 16.5. The van der Waals surface area contributed by atoms with Gasteiger partial charge in [-0.3, -0.25) is 4.68 Å². The van der Waals surface area contributed by atoms with E-state index in [4.69, 9.17) is 0 Å². The lowest BCUT2D eigenvalue weighted by atomic mass is 9.71. The molecule has 21 heavy (non-hydrogen) atoms. The van der Waals surface area contributed by atoms with Crippen LogP contribution in [0, 0.1) is 17.8 Å². The number of aryl methyl sites for hydroxylation is 1. The van der Waals surface area contributed by atoms with E-state index in [1.54, 1.807) is 0 Å². The van der Waals surface area contributed by atoms with E-state index in [1.807, 2.05) is 11.7 Å². The standard InChI is InChI=1S/C17H32N4/c1-4-6-14-7-8-15(12-18-9-5-2)16(10-14)11-17-13-21(3)20-19-17/h13-16,18H,4-12H2,1-3H3. The van der Waals surface area contributed by atoms with Gasteiger partial charge in [-0.15, -0.1) is 5.10 Å². The second-order valence-corrected chi connectivity index (χ2v) is 6.78. The summed E-state index contributed by atoms with van der Waals surface area (Å²) in [6.45, 7) is 6.87. The van der Waals surface area contributed by atoms with Crippen molar-refractivity contribution in [3.05, 3.63) is 11.9 Å². The summed E-state index contributed by atoms with van der Waals surface area (Å²) in [5.74, 6) is 2.52. The first-order chi connectivity index (χ1) is 10.2. The summed E-state index contributed by atoms with van der Waals surface area (Å²) in [4.78, 5) is 0. The Kier molecular flexibility index (Phi) is 6.68. The molecular weight excluding hydrogens is 260 g/mol. The van der Waals surface area contributed by atoms with Crippen molar-refractivity contribution in [3.63, 3.8) is 0 Å². The Labute approximate surface area is 129 Å². The molecular formula is C17H32N4. The van der Waals surface area contributed by atoms with Crippen LogP contribution >= 0.6 is 0 Å². The zero-order chi connectivity index (χ0) is 15.1. The third-order valence-electron chi connectivity index (χ3n) is 4.90. The summed E-state index contributed by atoms with van der Waals surface area (Å²) in [6.07, 6.45) is 11.3. The lowest BCUT2D eigenvalue weighted by Crippen LogP contribution is -2.34. The van der Waals surface area contributed by atoms with Crippen molar-refractivity contribution in [2.45, 2.75) is 58.8 Å². The highest BCUT2D eigenvalue weighted by Crippen LogP contribution is 2.37. The molecule has 0 aliphatic heterocycles. The van der Waals surface area contributed by atoms with Gasteiger partial charge < -0.3 is 5.32 Å². The van der Waals surface area contributed by atoms with Crippen molar-refractivity contribution >= 4 is 0 Å². The van der Waals surface area contributed by atoms with Crippen LogP contribution in [0.3, 0.4) is 0 Å². The topological polar surface area (TPSA) is 42.7 Å². The fraction of sp³-hybridized carbons (Fsp3) is 0.882. The molecule has 1 aromatic heterocycles. The first-order valence-corrected chi connectivity index (χ1v) is 8.78. The molecule has 1 aromatic rings. The molecule has 1 aliphatic rings. The van der Waals surface area contributed by atoms with E-state index in [9.17, 15) is 0 Å². The van der Waals surface area contributed by atoms with Gasteiger partial charge in [0.25, 0.3) is 0 Å². The van der Waals surface area contributed by atoms with Gasteiger partial charge >= 0.3 is 0 Å². The number of nitrogens with zero attached hydrogens (tertiary/aromatic N) is 3. The lowest BCUT2D eigenvalue weighted by Gasteiger charge is -2.36. The zero-order valence-corrected chi connectivity index (χ0v) is 14.0. The zero-order valence-electron chi connectivity index (χ0n) is 14.0. The van der Waals surface area contributed by atoms with Crippen molar-refractivity contribution in [1.82, 2.24) is 20.3 Å². The van der Waals surface area contributed by atoms with E-state index in [1.165, 1.54) is 50.8 Å². The smallest absolute Gasteiger partial charge is 0.0829 e. The highest BCUT2D eigenvalue weighted by molar-refractivity contribution is 4.97. The Morgan fingerprint density at radius 3 is 2.76 bits per heavy atom. The molecule has 0 bridgehead atoms. The SMILES string of the molecule is CCCNCC1CCC(CCC)CC1Cc1cn(C)nn1. The van der Waals surface area contributed by atoms with Gasteiger partial charge in [0.15, 0.2) is 0 Å². The molecule has 1 N–H and O–H groups in total. The van der Waals surface area contributed by atoms with Crippen molar-refractivity contribution in [2.75, 3.05) is 13.1 Å². The summed E-state index contributed by atoms with van der Waals surface area (Å²) in [5.41, 5.74) is 1.17. The maximum absolute atomic E-state index is 4.30. The highest BCUT2D eigenvalue weighted by Gasteiger charge is 2.30. The van der Waals surface area contributed by atoms with E-state index in [-0.39, 0.29) is 0 Å². The fourth-order valence-corrected chi connectivity index (χ4v) is 3.83. The van der Waals surface area contributed by atoms with E-state index >= 15 is 0 Å². The molecule has 0 amide bonds. The number of nitrogens with one attached hydrogen (secondary N) is 1. The lowest BCUT2D eigenvalue weighted by molar-refractivity contribution is 0.166. The van der Waals surface area contributed by atoms with Crippen LogP contribution in [0.25, 0.3) is 0 Å². The van der Waals surface area contributed by atoms with Crippen molar-refractivity contribution in [2.24, 2.45) is 24.8 Å². The van der Waals surface area contributed by atoms with Gasteiger partial charge in [0.2, 0.25) is 0 Å². The highest BCUT2D eigenvalue weighted by atomic mass is 15.4. The fourth-order valence-electron chi connectivity index (χ4n) is 3.83. The average Bonchev–Trinajstić information content (AvgIpc) is 2.87. The Morgan fingerprint density at radius 1 is 1.24 bits per heavy atom. The Hall–Kier alpha value is -0.900. The normalized spacial score (nSPS) is 26.1. The molecule has 4 nitrogen and oxygen atoms in total. The van der Waals surface area contributed by atoms with Gasteiger partial charge in [0.05, 0.1) is 5.69 Å². The van der Waals surface area contributed by atoms with Gasteiger partial charge in [-0.05, 0) is 56.5 Å². The maximum atomic E-state index is 4.30. The number of rotatable bonds is 8. The number of hydrogen-bond acceptors (Lipinski definition) is 3. The van der Waals surface area contributed by atoms with Crippen LogP contribution in [0.1, 0.15) is 58.1 Å². The van der Waals surface area contributed by atoms with E-state index in [2.05, 4.69) is 35.7 Å². The molecule has 2 rings (SSSR count). The summed E-state index contributed by atoms with van der Waals surface area (Å²) < 4.78 is 1.83. The van der Waals surface area contributed by atoms with Crippen molar-refractivity contribution in [3.8, 4) is 0 Å². The van der Waals surface area contributed by atoms with E-state index in [0.717, 1.165) is 30.7 Å². The summed E-state index contributed by atoms with van der Waals surface area (Å²) in [6, 6.07) is 0. The predicted molar refractivity (Wildman–Crippen MR) is 87.1 cm³/mol. The average molecular weight is 292 g/mol. The first-order valence-electron chi connectivity index (χ1n) is 8.78. The predicted octanol–water partition coefficient (Wildman–Crippen LogP) is 3.19. The molecule has 0 aromatic carbocycles. The molecule has 0 saturated heterocycles. The minimum Gasteiger partial charge on any atom is -0.316 e. The van der Waals surface area contributed by atoms with Crippen LogP contribution in [0.2, 0.25) is 0 Å². The van der Waals surface area contributed by atoms with Crippen molar-refractivity contribution < 1.29 is 0 Å². The van der Waals surface area contributed by atoms with Gasteiger partial charge in [-0.25, -0.2) is 0 Å². The Balaban J connectivity index is 1.94. The van der Waals surface area contributed by atoms with Gasteiger partial charge in [-0.2, -0.15) is 0 Å². The van der Waals surface area contributed by atoms with Gasteiger partial charge in [-0.1, -0.05) is 38.3 Å². The summed E-state index contributed by atoms with van der Waals surface area (Å²) in [7, 11) is 1.96. The molecule has 3 unspecified atom stereocenters. The van der Waals surface area contributed by atoms with Gasteiger partial charge in [0, 0.05) is 13.2 Å². The Morgan fingerprint density at radius 2 is 2.10 bits per heavy atom. The van der Waals surface area contributed by atoms with Crippen LogP contribution in [0.5, 0.6) is 0 Å². The minimum absolute atomic E-state index is 0.774. The van der Waals surface area contributed by atoms with Crippen LogP contribution in [0.4, 0.5) is 0 Å². The number of hydrogen-bond donors (Lipinski definition) is 1. The largest absolute Gasteiger partial charge is 0.316 e. The number of aromatic nitrogens is 3. The van der Waals surface area contributed by atoms with Crippen LogP contribution in [0.15, 0.2) is 6.20 Å². The maximum Gasteiger partial charge on any atom is 0.0829 e. The Bertz CT molecular complexity index is 401. The minimum atomic E-state index is 0.774.